The lowest BCUT2D eigenvalue weighted by Gasteiger charge is -2.12. The minimum atomic E-state index is 0.113. The van der Waals surface area contributed by atoms with Crippen molar-refractivity contribution >= 4 is 34.6 Å². The molecule has 0 amide bonds. The van der Waals surface area contributed by atoms with Gasteiger partial charge in [0.1, 0.15) is 5.75 Å². The highest BCUT2D eigenvalue weighted by atomic mass is 35.5. The van der Waals surface area contributed by atoms with E-state index in [4.69, 9.17) is 23.8 Å². The van der Waals surface area contributed by atoms with Crippen LogP contribution in [0, 0.1) is 0 Å². The highest BCUT2D eigenvalue weighted by molar-refractivity contribution is 7.80. The third-order valence-corrected chi connectivity index (χ3v) is 3.23. The summed E-state index contributed by atoms with van der Waals surface area (Å²) in [5, 5.41) is 16.7. The summed E-state index contributed by atoms with van der Waals surface area (Å²) in [4.78, 5) is 0. The van der Waals surface area contributed by atoms with Gasteiger partial charge in [0.05, 0.1) is 5.69 Å². The van der Waals surface area contributed by atoms with Gasteiger partial charge in [-0.25, -0.2) is 0 Å². The van der Waals surface area contributed by atoms with E-state index < -0.39 is 0 Å². The Bertz CT molecular complexity index is 590. The number of anilines is 1. The molecule has 0 atom stereocenters. The standard InChI is InChI=1S/C15H15ClN2OS/c16-12-6-7-14(19)13(10-12)18-15(20)17-9-8-11-4-2-1-3-5-11/h1-7,10,19H,8-9H2,(H2,17,18,20). The Morgan fingerprint density at radius 1 is 1.15 bits per heavy atom. The zero-order chi connectivity index (χ0) is 14.4. The first-order valence-corrected chi connectivity index (χ1v) is 7.01. The molecule has 2 aromatic carbocycles. The third kappa shape index (κ3) is 4.40. The second-order valence-electron chi connectivity index (χ2n) is 4.28. The summed E-state index contributed by atoms with van der Waals surface area (Å²) < 4.78 is 0. The molecule has 0 aromatic heterocycles. The average Bonchev–Trinajstić information content (AvgIpc) is 2.44. The zero-order valence-electron chi connectivity index (χ0n) is 10.8. The van der Waals surface area contributed by atoms with Crippen LogP contribution in [0.5, 0.6) is 5.75 Å². The fourth-order valence-electron chi connectivity index (χ4n) is 1.74. The minimum Gasteiger partial charge on any atom is -0.506 e. The van der Waals surface area contributed by atoms with Crippen molar-refractivity contribution < 1.29 is 5.11 Å². The van der Waals surface area contributed by atoms with Gasteiger partial charge in [-0.1, -0.05) is 41.9 Å². The van der Waals surface area contributed by atoms with E-state index in [1.54, 1.807) is 12.1 Å². The number of phenolic OH excluding ortho intramolecular Hbond substituents is 1. The molecule has 0 saturated carbocycles. The molecule has 0 bridgehead atoms. The van der Waals surface area contributed by atoms with E-state index in [0.29, 0.717) is 15.8 Å². The summed E-state index contributed by atoms with van der Waals surface area (Å²) in [7, 11) is 0. The summed E-state index contributed by atoms with van der Waals surface area (Å²) in [5.41, 5.74) is 1.74. The Balaban J connectivity index is 1.82. The lowest BCUT2D eigenvalue weighted by molar-refractivity contribution is 0.478. The Hall–Kier alpha value is -1.78. The molecule has 3 N–H and O–H groups in total. The third-order valence-electron chi connectivity index (χ3n) is 2.75. The molecule has 0 saturated heterocycles. The van der Waals surface area contributed by atoms with Gasteiger partial charge in [-0.15, -0.1) is 0 Å². The first kappa shape index (κ1) is 14.6. The van der Waals surface area contributed by atoms with Crippen LogP contribution < -0.4 is 10.6 Å². The van der Waals surface area contributed by atoms with Crippen LogP contribution in [0.15, 0.2) is 48.5 Å². The van der Waals surface area contributed by atoms with Crippen LogP contribution in [-0.2, 0) is 6.42 Å². The maximum atomic E-state index is 9.68. The highest BCUT2D eigenvalue weighted by Gasteiger charge is 2.04. The summed E-state index contributed by atoms with van der Waals surface area (Å²) in [6.45, 7) is 0.719. The van der Waals surface area contributed by atoms with E-state index in [9.17, 15) is 5.11 Å². The molecule has 0 heterocycles. The van der Waals surface area contributed by atoms with Crippen molar-refractivity contribution in [2.24, 2.45) is 0 Å². The van der Waals surface area contributed by atoms with Crippen LogP contribution in [0.3, 0.4) is 0 Å². The van der Waals surface area contributed by atoms with Crippen LogP contribution in [-0.4, -0.2) is 16.8 Å². The molecule has 0 unspecified atom stereocenters. The van der Waals surface area contributed by atoms with Gasteiger partial charge in [0.15, 0.2) is 5.11 Å². The van der Waals surface area contributed by atoms with Crippen LogP contribution in [0.1, 0.15) is 5.56 Å². The molecule has 0 aliphatic rings. The van der Waals surface area contributed by atoms with Crippen molar-refractivity contribution in [1.82, 2.24) is 5.32 Å². The van der Waals surface area contributed by atoms with E-state index in [2.05, 4.69) is 22.8 Å². The van der Waals surface area contributed by atoms with Crippen molar-refractivity contribution in [3.63, 3.8) is 0 Å². The van der Waals surface area contributed by atoms with Crippen molar-refractivity contribution in [1.29, 1.82) is 0 Å². The number of thiocarbonyl (C=S) groups is 1. The number of aromatic hydroxyl groups is 1. The van der Waals surface area contributed by atoms with Gasteiger partial charge >= 0.3 is 0 Å². The Morgan fingerprint density at radius 2 is 1.90 bits per heavy atom. The Labute approximate surface area is 128 Å². The Morgan fingerprint density at radius 3 is 2.65 bits per heavy atom. The lowest BCUT2D eigenvalue weighted by atomic mass is 10.1. The highest BCUT2D eigenvalue weighted by Crippen LogP contribution is 2.26. The SMILES string of the molecule is Oc1ccc(Cl)cc1NC(=S)NCCc1ccccc1. The van der Waals surface area contributed by atoms with Crippen molar-refractivity contribution in [2.45, 2.75) is 6.42 Å². The Kier molecular flexibility index (Phi) is 5.21. The smallest absolute Gasteiger partial charge is 0.170 e. The molecule has 0 aliphatic heterocycles. The summed E-state index contributed by atoms with van der Waals surface area (Å²) in [6, 6.07) is 14.9. The molecule has 104 valence electrons. The molecule has 0 fully saturated rings. The molecule has 2 rings (SSSR count). The minimum absolute atomic E-state index is 0.113. The summed E-state index contributed by atoms with van der Waals surface area (Å²) >= 11 is 11.0. The van der Waals surface area contributed by atoms with E-state index >= 15 is 0 Å². The molecular weight excluding hydrogens is 292 g/mol. The maximum Gasteiger partial charge on any atom is 0.170 e. The molecule has 5 heteroatoms. The number of halogens is 1. The number of benzene rings is 2. The van der Waals surface area contributed by atoms with Crippen LogP contribution in [0.2, 0.25) is 5.02 Å². The molecule has 2 aromatic rings. The topological polar surface area (TPSA) is 44.3 Å². The van der Waals surface area contributed by atoms with Crippen LogP contribution in [0.4, 0.5) is 5.69 Å². The van der Waals surface area contributed by atoms with Gasteiger partial charge in [0.25, 0.3) is 0 Å². The van der Waals surface area contributed by atoms with Gasteiger partial charge < -0.3 is 15.7 Å². The number of phenols is 1. The lowest BCUT2D eigenvalue weighted by Crippen LogP contribution is -2.30. The number of hydrogen-bond donors (Lipinski definition) is 3. The fraction of sp³-hybridized carbons (Fsp3) is 0.133. The predicted octanol–water partition coefficient (Wildman–Crippen LogP) is 3.57. The number of rotatable bonds is 4. The molecule has 0 spiro atoms. The van der Waals surface area contributed by atoms with Gasteiger partial charge in [0.2, 0.25) is 0 Å². The zero-order valence-corrected chi connectivity index (χ0v) is 12.3. The monoisotopic (exact) mass is 306 g/mol. The molecule has 0 radical (unpaired) electrons. The number of nitrogens with one attached hydrogen (secondary N) is 2. The van der Waals surface area contributed by atoms with Crippen molar-refractivity contribution in [2.75, 3.05) is 11.9 Å². The first-order valence-electron chi connectivity index (χ1n) is 6.22. The summed E-state index contributed by atoms with van der Waals surface area (Å²) in [6.07, 6.45) is 0.879. The molecule has 3 nitrogen and oxygen atoms in total. The molecule has 20 heavy (non-hydrogen) atoms. The van der Waals surface area contributed by atoms with Gasteiger partial charge in [-0.3, -0.25) is 0 Å². The van der Waals surface area contributed by atoms with E-state index in [-0.39, 0.29) is 5.75 Å². The largest absolute Gasteiger partial charge is 0.506 e. The van der Waals surface area contributed by atoms with E-state index in [1.165, 1.54) is 11.6 Å². The van der Waals surface area contributed by atoms with Crippen LogP contribution >= 0.6 is 23.8 Å². The average molecular weight is 307 g/mol. The number of hydrogen-bond acceptors (Lipinski definition) is 2. The van der Waals surface area contributed by atoms with Gasteiger partial charge in [0, 0.05) is 11.6 Å². The molecular formula is C15H15ClN2OS. The second-order valence-corrected chi connectivity index (χ2v) is 5.12. The van der Waals surface area contributed by atoms with Crippen LogP contribution in [0.25, 0.3) is 0 Å². The van der Waals surface area contributed by atoms with Gasteiger partial charge in [-0.05, 0) is 42.4 Å². The van der Waals surface area contributed by atoms with E-state index in [1.807, 2.05) is 18.2 Å². The van der Waals surface area contributed by atoms with Crippen molar-refractivity contribution in [3.05, 3.63) is 59.1 Å². The van der Waals surface area contributed by atoms with Crippen molar-refractivity contribution in [3.8, 4) is 5.75 Å². The predicted molar refractivity (Wildman–Crippen MR) is 87.5 cm³/mol. The van der Waals surface area contributed by atoms with Gasteiger partial charge in [-0.2, -0.15) is 0 Å². The summed E-state index contributed by atoms with van der Waals surface area (Å²) in [5.74, 6) is 0.113. The quantitative estimate of drug-likeness (QED) is 0.597. The normalized spacial score (nSPS) is 10.1. The second kappa shape index (κ2) is 7.12. The van der Waals surface area contributed by atoms with E-state index in [0.717, 1.165) is 13.0 Å². The fourth-order valence-corrected chi connectivity index (χ4v) is 2.12. The maximum absolute atomic E-state index is 9.68. The molecule has 0 aliphatic carbocycles. The first-order chi connectivity index (χ1) is 9.65.